The third kappa shape index (κ3) is 3.46. The van der Waals surface area contributed by atoms with E-state index in [9.17, 15) is 0 Å². The van der Waals surface area contributed by atoms with Gasteiger partial charge in [0.1, 0.15) is 11.6 Å². The van der Waals surface area contributed by atoms with Crippen molar-refractivity contribution in [2.75, 3.05) is 7.11 Å². The van der Waals surface area contributed by atoms with Crippen LogP contribution in [-0.4, -0.2) is 16.5 Å². The lowest BCUT2D eigenvalue weighted by Crippen LogP contribution is -1.88. The van der Waals surface area contributed by atoms with Gasteiger partial charge in [-0.2, -0.15) is 4.37 Å². The summed E-state index contributed by atoms with van der Waals surface area (Å²) in [7, 11) is 1.68. The lowest BCUT2D eigenvalue weighted by molar-refractivity contribution is 0.414. The first kappa shape index (κ1) is 13.8. The molecule has 1 aromatic heterocycles. The molecule has 0 atom stereocenters. The highest BCUT2D eigenvalue weighted by atomic mass is 79.9. The molecule has 2 rings (SSSR count). The fourth-order valence-corrected chi connectivity index (χ4v) is 3.63. The van der Waals surface area contributed by atoms with Crippen LogP contribution in [0.1, 0.15) is 18.3 Å². The van der Waals surface area contributed by atoms with E-state index >= 15 is 0 Å². The highest BCUT2D eigenvalue weighted by molar-refractivity contribution is 9.10. The van der Waals surface area contributed by atoms with Gasteiger partial charge in [0, 0.05) is 16.6 Å². The normalized spacial score (nSPS) is 10.6. The van der Waals surface area contributed by atoms with Gasteiger partial charge in [0.05, 0.1) is 7.11 Å². The number of thioether (sulfide) groups is 1. The molecule has 0 saturated heterocycles. The van der Waals surface area contributed by atoms with Crippen molar-refractivity contribution < 1.29 is 4.74 Å². The maximum Gasteiger partial charge on any atom is 0.170 e. The van der Waals surface area contributed by atoms with Crippen LogP contribution in [0.5, 0.6) is 5.75 Å². The predicted octanol–water partition coefficient (Wildman–Crippen LogP) is 4.16. The molecular weight excluding hydrogens is 332 g/mol. The largest absolute Gasteiger partial charge is 0.497 e. The van der Waals surface area contributed by atoms with E-state index in [1.807, 2.05) is 18.2 Å². The molecule has 2 aromatic rings. The summed E-state index contributed by atoms with van der Waals surface area (Å²) in [6.45, 7) is 2.06. The first-order valence-electron chi connectivity index (χ1n) is 5.50. The first-order valence-corrected chi connectivity index (χ1v) is 8.06. The van der Waals surface area contributed by atoms with E-state index < -0.39 is 0 Å². The molecule has 0 N–H and O–H groups in total. The van der Waals surface area contributed by atoms with Gasteiger partial charge in [-0.05, 0) is 35.3 Å². The van der Waals surface area contributed by atoms with Crippen molar-refractivity contribution in [1.29, 1.82) is 0 Å². The summed E-state index contributed by atoms with van der Waals surface area (Å²) in [4.78, 5) is 4.44. The van der Waals surface area contributed by atoms with E-state index in [0.717, 1.165) is 32.6 Å². The summed E-state index contributed by atoms with van der Waals surface area (Å²) >= 11 is 6.72. The van der Waals surface area contributed by atoms with Gasteiger partial charge in [0.2, 0.25) is 0 Å². The van der Waals surface area contributed by atoms with Crippen LogP contribution in [0.2, 0.25) is 0 Å². The van der Waals surface area contributed by atoms with Crippen molar-refractivity contribution in [3.63, 3.8) is 0 Å². The number of benzene rings is 1. The van der Waals surface area contributed by atoms with E-state index in [4.69, 9.17) is 4.74 Å². The molecule has 0 aliphatic rings. The Morgan fingerprint density at radius 1 is 1.44 bits per heavy atom. The van der Waals surface area contributed by atoms with Crippen LogP contribution in [-0.2, 0) is 12.2 Å². The standard InChI is InChI=1S/C12H13BrN2OS2/c1-3-11-14-12(18-15-11)17-7-8-6-9(16-2)4-5-10(8)13/h4-6H,3,7H2,1-2H3. The lowest BCUT2D eigenvalue weighted by Gasteiger charge is -2.05. The smallest absolute Gasteiger partial charge is 0.170 e. The number of methoxy groups -OCH3 is 1. The zero-order valence-corrected chi connectivity index (χ0v) is 13.4. The molecule has 0 fully saturated rings. The zero-order valence-electron chi connectivity index (χ0n) is 10.1. The number of aromatic nitrogens is 2. The third-order valence-electron chi connectivity index (χ3n) is 2.37. The minimum atomic E-state index is 0.857. The minimum absolute atomic E-state index is 0.857. The van der Waals surface area contributed by atoms with E-state index in [2.05, 4.69) is 32.2 Å². The third-order valence-corrected chi connectivity index (χ3v) is 5.06. The van der Waals surface area contributed by atoms with Crippen LogP contribution < -0.4 is 4.74 Å². The van der Waals surface area contributed by atoms with Crippen molar-refractivity contribution in [3.8, 4) is 5.75 Å². The number of aryl methyl sites for hydroxylation is 1. The van der Waals surface area contributed by atoms with Gasteiger partial charge < -0.3 is 4.74 Å². The summed E-state index contributed by atoms with van der Waals surface area (Å²) < 4.78 is 11.6. The molecule has 0 saturated carbocycles. The first-order chi connectivity index (χ1) is 8.72. The van der Waals surface area contributed by atoms with Crippen molar-refractivity contribution in [1.82, 2.24) is 9.36 Å². The number of hydrogen-bond acceptors (Lipinski definition) is 5. The van der Waals surface area contributed by atoms with Gasteiger partial charge in [-0.1, -0.05) is 34.6 Å². The van der Waals surface area contributed by atoms with Gasteiger partial charge in [-0.25, -0.2) is 4.98 Å². The fourth-order valence-electron chi connectivity index (χ4n) is 1.37. The van der Waals surface area contributed by atoms with Gasteiger partial charge in [0.15, 0.2) is 4.34 Å². The van der Waals surface area contributed by atoms with Gasteiger partial charge in [-0.15, -0.1) is 0 Å². The molecule has 3 nitrogen and oxygen atoms in total. The summed E-state index contributed by atoms with van der Waals surface area (Å²) in [5, 5.41) is 0. The Balaban J connectivity index is 2.05. The maximum atomic E-state index is 5.23. The molecule has 0 aliphatic carbocycles. The Kier molecular flexibility index (Phi) is 5.03. The van der Waals surface area contributed by atoms with Crippen molar-refractivity contribution in [3.05, 3.63) is 34.1 Å². The summed E-state index contributed by atoms with van der Waals surface area (Å²) in [6, 6.07) is 5.99. The quantitative estimate of drug-likeness (QED) is 0.762. The Morgan fingerprint density at radius 2 is 2.28 bits per heavy atom. The van der Waals surface area contributed by atoms with Crippen LogP contribution >= 0.6 is 39.2 Å². The SMILES string of the molecule is CCc1nsc(SCc2cc(OC)ccc2Br)n1. The minimum Gasteiger partial charge on any atom is -0.497 e. The number of nitrogens with zero attached hydrogens (tertiary/aromatic N) is 2. The molecule has 18 heavy (non-hydrogen) atoms. The lowest BCUT2D eigenvalue weighted by atomic mass is 10.2. The second-order valence-corrected chi connectivity index (χ2v) is 6.40. The average molecular weight is 345 g/mol. The molecular formula is C12H13BrN2OS2. The van der Waals surface area contributed by atoms with Crippen LogP contribution in [0.25, 0.3) is 0 Å². The molecule has 1 aromatic carbocycles. The van der Waals surface area contributed by atoms with Gasteiger partial charge in [-0.3, -0.25) is 0 Å². The maximum absolute atomic E-state index is 5.23. The fraction of sp³-hybridized carbons (Fsp3) is 0.333. The summed E-state index contributed by atoms with van der Waals surface area (Å²) in [6.07, 6.45) is 0.889. The molecule has 0 amide bonds. The van der Waals surface area contributed by atoms with Crippen LogP contribution in [0, 0.1) is 0 Å². The Bertz CT molecular complexity index is 531. The molecule has 0 radical (unpaired) electrons. The summed E-state index contributed by atoms with van der Waals surface area (Å²) in [5.41, 5.74) is 1.20. The monoisotopic (exact) mass is 344 g/mol. The number of ether oxygens (including phenoxy) is 1. The van der Waals surface area contributed by atoms with E-state index in [1.165, 1.54) is 17.1 Å². The van der Waals surface area contributed by atoms with Gasteiger partial charge in [0.25, 0.3) is 0 Å². The van der Waals surface area contributed by atoms with E-state index in [0.29, 0.717) is 0 Å². The molecule has 0 bridgehead atoms. The number of halogens is 1. The molecule has 0 unspecified atom stereocenters. The van der Waals surface area contributed by atoms with Crippen LogP contribution in [0.3, 0.4) is 0 Å². The van der Waals surface area contributed by atoms with Crippen molar-refractivity contribution >= 4 is 39.2 Å². The van der Waals surface area contributed by atoms with Crippen molar-refractivity contribution in [2.24, 2.45) is 0 Å². The Morgan fingerprint density at radius 3 is 2.94 bits per heavy atom. The second kappa shape index (κ2) is 6.54. The van der Waals surface area contributed by atoms with E-state index in [1.54, 1.807) is 18.9 Å². The van der Waals surface area contributed by atoms with E-state index in [-0.39, 0.29) is 0 Å². The number of hydrogen-bond donors (Lipinski definition) is 0. The zero-order chi connectivity index (χ0) is 13.0. The molecule has 96 valence electrons. The molecule has 0 aliphatic heterocycles. The number of rotatable bonds is 5. The van der Waals surface area contributed by atoms with Crippen molar-refractivity contribution in [2.45, 2.75) is 23.4 Å². The average Bonchev–Trinajstić information content (AvgIpc) is 2.86. The second-order valence-electron chi connectivity index (χ2n) is 3.58. The molecule has 0 spiro atoms. The molecule has 6 heteroatoms. The van der Waals surface area contributed by atoms with Crippen LogP contribution in [0.15, 0.2) is 27.0 Å². The van der Waals surface area contributed by atoms with Gasteiger partial charge >= 0.3 is 0 Å². The highest BCUT2D eigenvalue weighted by Crippen LogP contribution is 2.30. The summed E-state index contributed by atoms with van der Waals surface area (Å²) in [5.74, 6) is 2.66. The topological polar surface area (TPSA) is 35.0 Å². The molecule has 1 heterocycles. The Labute approximate surface area is 123 Å². The van der Waals surface area contributed by atoms with Crippen LogP contribution in [0.4, 0.5) is 0 Å². The highest BCUT2D eigenvalue weighted by Gasteiger charge is 2.06. The Hall–Kier alpha value is -0.590. The predicted molar refractivity (Wildman–Crippen MR) is 79.5 cm³/mol.